The summed E-state index contributed by atoms with van der Waals surface area (Å²) in [6.45, 7) is 1.91. The Morgan fingerprint density at radius 2 is 1.86 bits per heavy atom. The molecule has 0 spiro atoms. The average molecular weight is 338 g/mol. The first-order valence-electron chi connectivity index (χ1n) is 6.50. The second-order valence-corrected chi connectivity index (χ2v) is 5.58. The van der Waals surface area contributed by atoms with E-state index in [9.17, 15) is 5.26 Å². The predicted octanol–water partition coefficient (Wildman–Crippen LogP) is 4.92. The van der Waals surface area contributed by atoms with Crippen LogP contribution in [0, 0.1) is 18.3 Å². The van der Waals surface area contributed by atoms with E-state index in [-0.39, 0.29) is 0 Å². The Hall–Kier alpha value is -2.38. The van der Waals surface area contributed by atoms with E-state index in [1.165, 1.54) is 0 Å². The van der Waals surface area contributed by atoms with Crippen molar-refractivity contribution in [3.8, 4) is 6.07 Å². The molecule has 0 aliphatic heterocycles. The molecule has 1 heterocycles. The molecule has 1 aromatic heterocycles. The zero-order valence-electron chi connectivity index (χ0n) is 11.4. The summed E-state index contributed by atoms with van der Waals surface area (Å²) in [4.78, 5) is 4.29. The van der Waals surface area contributed by atoms with Crippen LogP contribution in [-0.4, -0.2) is 4.98 Å². The van der Waals surface area contributed by atoms with Crippen molar-refractivity contribution in [3.63, 3.8) is 0 Å². The van der Waals surface area contributed by atoms with Crippen LogP contribution in [0.5, 0.6) is 0 Å². The average Bonchev–Trinajstić information content (AvgIpc) is 2.51. The van der Waals surface area contributed by atoms with Crippen molar-refractivity contribution in [2.24, 2.45) is 0 Å². The summed E-state index contributed by atoms with van der Waals surface area (Å²) in [6, 6.07) is 16.1. The van der Waals surface area contributed by atoms with Gasteiger partial charge in [-0.3, -0.25) is 0 Å². The summed E-state index contributed by atoms with van der Waals surface area (Å²) in [5.41, 5.74) is 2.42. The van der Waals surface area contributed by atoms with E-state index < -0.39 is 0 Å². The van der Waals surface area contributed by atoms with E-state index in [4.69, 9.17) is 0 Å². The predicted molar refractivity (Wildman–Crippen MR) is 88.6 cm³/mol. The summed E-state index contributed by atoms with van der Waals surface area (Å²) < 4.78 is 1.04. The third-order valence-corrected chi connectivity index (χ3v) is 4.09. The normalized spacial score (nSPS) is 10.3. The van der Waals surface area contributed by atoms with Crippen LogP contribution in [0.15, 0.2) is 53.1 Å². The molecule has 0 saturated heterocycles. The number of nitrogens with zero attached hydrogens (tertiary/aromatic N) is 2. The van der Waals surface area contributed by atoms with E-state index in [1.54, 1.807) is 6.20 Å². The molecule has 0 saturated carbocycles. The maximum absolute atomic E-state index is 9.30. The smallest absolute Gasteiger partial charge is 0.148 e. The molecule has 0 bridgehead atoms. The Morgan fingerprint density at radius 3 is 2.62 bits per heavy atom. The monoisotopic (exact) mass is 337 g/mol. The summed E-state index contributed by atoms with van der Waals surface area (Å²) in [6.07, 6.45) is 1.71. The van der Waals surface area contributed by atoms with Gasteiger partial charge >= 0.3 is 0 Å². The van der Waals surface area contributed by atoms with Crippen LogP contribution in [0.1, 0.15) is 11.1 Å². The first-order chi connectivity index (χ1) is 10.2. The number of halogens is 1. The molecule has 0 amide bonds. The van der Waals surface area contributed by atoms with Crippen LogP contribution in [0.4, 0.5) is 11.5 Å². The molecule has 0 aliphatic rings. The number of aromatic nitrogens is 1. The molecule has 3 nitrogen and oxygen atoms in total. The summed E-state index contributed by atoms with van der Waals surface area (Å²) in [5.74, 6) is 0.588. The van der Waals surface area contributed by atoms with Gasteiger partial charge in [-0.2, -0.15) is 5.26 Å². The quantitative estimate of drug-likeness (QED) is 0.721. The SMILES string of the molecule is Cc1ccnc(Nc2ccc(Br)c3ccccc23)c1C#N. The first kappa shape index (κ1) is 13.6. The first-order valence-corrected chi connectivity index (χ1v) is 7.30. The summed E-state index contributed by atoms with van der Waals surface area (Å²) in [5, 5.41) is 14.8. The summed E-state index contributed by atoms with van der Waals surface area (Å²) >= 11 is 3.56. The minimum absolute atomic E-state index is 0.574. The lowest BCUT2D eigenvalue weighted by Crippen LogP contribution is -1.99. The van der Waals surface area contributed by atoms with E-state index in [2.05, 4.69) is 38.4 Å². The molecular weight excluding hydrogens is 326 g/mol. The van der Waals surface area contributed by atoms with Gasteiger partial charge in [0.15, 0.2) is 0 Å². The Balaban J connectivity index is 2.14. The van der Waals surface area contributed by atoms with Crippen LogP contribution in [0.2, 0.25) is 0 Å². The second kappa shape index (κ2) is 5.55. The van der Waals surface area contributed by atoms with Crippen molar-refractivity contribution < 1.29 is 0 Å². The molecule has 1 N–H and O–H groups in total. The largest absolute Gasteiger partial charge is 0.339 e. The van der Waals surface area contributed by atoms with Gasteiger partial charge in [-0.05, 0) is 36.1 Å². The number of pyridine rings is 1. The van der Waals surface area contributed by atoms with Crippen molar-refractivity contribution in [1.29, 1.82) is 5.26 Å². The van der Waals surface area contributed by atoms with Crippen molar-refractivity contribution in [1.82, 2.24) is 4.98 Å². The molecule has 4 heteroatoms. The number of nitrogens with one attached hydrogen (secondary N) is 1. The van der Waals surface area contributed by atoms with Crippen LogP contribution in [-0.2, 0) is 0 Å². The molecule has 3 rings (SSSR count). The highest BCUT2D eigenvalue weighted by Crippen LogP contribution is 2.32. The van der Waals surface area contributed by atoms with Gasteiger partial charge in [0.2, 0.25) is 0 Å². The van der Waals surface area contributed by atoms with E-state index in [0.717, 1.165) is 26.5 Å². The van der Waals surface area contributed by atoms with E-state index in [0.29, 0.717) is 11.4 Å². The molecule has 2 aromatic carbocycles. The molecule has 0 unspecified atom stereocenters. The fraction of sp³-hybridized carbons (Fsp3) is 0.0588. The summed E-state index contributed by atoms with van der Waals surface area (Å²) in [7, 11) is 0. The number of hydrogen-bond donors (Lipinski definition) is 1. The number of nitriles is 1. The van der Waals surface area contributed by atoms with Gasteiger partial charge in [-0.1, -0.05) is 40.2 Å². The fourth-order valence-electron chi connectivity index (χ4n) is 2.29. The van der Waals surface area contributed by atoms with Crippen molar-refractivity contribution in [2.75, 3.05) is 5.32 Å². The molecule has 0 atom stereocenters. The van der Waals surface area contributed by atoms with Gasteiger partial charge in [0.1, 0.15) is 11.9 Å². The highest BCUT2D eigenvalue weighted by molar-refractivity contribution is 9.10. The maximum Gasteiger partial charge on any atom is 0.148 e. The minimum atomic E-state index is 0.574. The zero-order valence-corrected chi connectivity index (χ0v) is 13.0. The lowest BCUT2D eigenvalue weighted by atomic mass is 10.1. The Morgan fingerprint density at radius 1 is 1.10 bits per heavy atom. The Labute approximate surface area is 131 Å². The lowest BCUT2D eigenvalue weighted by Gasteiger charge is -2.12. The number of benzene rings is 2. The molecule has 102 valence electrons. The number of hydrogen-bond acceptors (Lipinski definition) is 3. The van der Waals surface area contributed by atoms with Crippen molar-refractivity contribution in [3.05, 3.63) is 64.3 Å². The van der Waals surface area contributed by atoms with Gasteiger partial charge in [0.05, 0.1) is 5.56 Å². The van der Waals surface area contributed by atoms with Crippen LogP contribution >= 0.6 is 15.9 Å². The van der Waals surface area contributed by atoms with E-state index in [1.807, 2.05) is 43.3 Å². The highest BCUT2D eigenvalue weighted by Gasteiger charge is 2.09. The third kappa shape index (κ3) is 2.48. The fourth-order valence-corrected chi connectivity index (χ4v) is 2.77. The third-order valence-electron chi connectivity index (χ3n) is 3.40. The van der Waals surface area contributed by atoms with Crippen LogP contribution < -0.4 is 5.32 Å². The number of anilines is 2. The van der Waals surface area contributed by atoms with Gasteiger partial charge in [0.25, 0.3) is 0 Å². The maximum atomic E-state index is 9.30. The second-order valence-electron chi connectivity index (χ2n) is 4.73. The van der Waals surface area contributed by atoms with Crippen molar-refractivity contribution in [2.45, 2.75) is 6.92 Å². The highest BCUT2D eigenvalue weighted by atomic mass is 79.9. The van der Waals surface area contributed by atoms with Gasteiger partial charge in [0, 0.05) is 21.7 Å². The van der Waals surface area contributed by atoms with Gasteiger partial charge in [-0.15, -0.1) is 0 Å². The standard InChI is InChI=1S/C17H12BrN3/c1-11-8-9-20-17(14(11)10-19)21-16-7-6-15(18)12-4-2-3-5-13(12)16/h2-9H,1H3,(H,20,21). The molecule has 0 fully saturated rings. The molecule has 21 heavy (non-hydrogen) atoms. The molecule has 3 aromatic rings. The number of fused-ring (bicyclic) bond motifs is 1. The number of aryl methyl sites for hydroxylation is 1. The molecular formula is C17H12BrN3. The Bertz CT molecular complexity index is 866. The molecule has 0 aliphatic carbocycles. The topological polar surface area (TPSA) is 48.7 Å². The Kier molecular flexibility index (Phi) is 3.59. The van der Waals surface area contributed by atoms with E-state index >= 15 is 0 Å². The van der Waals surface area contributed by atoms with Gasteiger partial charge in [-0.25, -0.2) is 4.98 Å². The zero-order chi connectivity index (χ0) is 14.8. The van der Waals surface area contributed by atoms with Crippen molar-refractivity contribution >= 4 is 38.2 Å². The minimum Gasteiger partial charge on any atom is -0.339 e. The number of rotatable bonds is 2. The van der Waals surface area contributed by atoms with Gasteiger partial charge < -0.3 is 5.32 Å². The molecule has 0 radical (unpaired) electrons. The van der Waals surface area contributed by atoms with Crippen LogP contribution in [0.25, 0.3) is 10.8 Å². The van der Waals surface area contributed by atoms with Crippen LogP contribution in [0.3, 0.4) is 0 Å². The lowest BCUT2D eigenvalue weighted by molar-refractivity contribution is 1.25.